The Kier molecular flexibility index (Phi) is 4.58. The van der Waals surface area contributed by atoms with Crippen LogP contribution in [0.25, 0.3) is 0 Å². The van der Waals surface area contributed by atoms with Gasteiger partial charge in [0.05, 0.1) is 0 Å². The van der Waals surface area contributed by atoms with Crippen LogP contribution < -0.4 is 4.90 Å². The molecule has 4 nitrogen and oxygen atoms in total. The molecule has 1 unspecified atom stereocenters. The number of carboxylic acid groups (broad SMARTS) is 1. The van der Waals surface area contributed by atoms with Crippen LogP contribution in [-0.2, 0) is 4.79 Å². The minimum atomic E-state index is -0.889. The van der Waals surface area contributed by atoms with E-state index in [0.717, 1.165) is 11.3 Å². The van der Waals surface area contributed by atoms with E-state index in [1.165, 1.54) is 0 Å². The molecule has 1 atom stereocenters. The van der Waals surface area contributed by atoms with Crippen LogP contribution in [0.15, 0.2) is 24.3 Å². The lowest BCUT2D eigenvalue weighted by Crippen LogP contribution is -2.48. The summed E-state index contributed by atoms with van der Waals surface area (Å²) in [6, 6.07) is 8.24. The predicted molar refractivity (Wildman–Crippen MR) is 78.7 cm³/mol. The lowest BCUT2D eigenvalue weighted by atomic mass is 9.98. The van der Waals surface area contributed by atoms with Gasteiger partial charge in [0, 0.05) is 25.8 Å². The Balaban J connectivity index is 2.94. The maximum atomic E-state index is 11.3. The number of hydrogen-bond donors (Lipinski definition) is 1. The van der Waals surface area contributed by atoms with Gasteiger partial charge in [-0.15, -0.1) is 0 Å². The van der Waals surface area contributed by atoms with E-state index < -0.39 is 11.5 Å². The summed E-state index contributed by atoms with van der Waals surface area (Å²) in [5, 5.41) is 9.28. The van der Waals surface area contributed by atoms with Gasteiger partial charge in [-0.1, -0.05) is 12.1 Å². The SMILES string of the molecule is CC(c1ccc(N(C)C)cc1)N(C)C(C)(C)C(=O)O. The van der Waals surface area contributed by atoms with Crippen LogP contribution in [-0.4, -0.2) is 42.7 Å². The molecule has 0 fully saturated rings. The zero-order chi connectivity index (χ0) is 14.8. The maximum Gasteiger partial charge on any atom is 0.323 e. The smallest absolute Gasteiger partial charge is 0.323 e. The summed E-state index contributed by atoms with van der Waals surface area (Å²) in [4.78, 5) is 15.2. The molecule has 1 aromatic carbocycles. The Morgan fingerprint density at radius 3 is 2.00 bits per heavy atom. The number of nitrogens with zero attached hydrogens (tertiary/aromatic N) is 2. The number of rotatable bonds is 5. The predicted octanol–water partition coefficient (Wildman–Crippen LogP) is 2.61. The van der Waals surface area contributed by atoms with Gasteiger partial charge in [0.25, 0.3) is 0 Å². The standard InChI is InChI=1S/C15H24N2O2/c1-11(17(6)15(2,3)14(18)19)12-7-9-13(10-8-12)16(4)5/h7-11H,1-6H3,(H,18,19). The highest BCUT2D eigenvalue weighted by Crippen LogP contribution is 2.27. The molecule has 1 aromatic rings. The number of hydrogen-bond acceptors (Lipinski definition) is 3. The minimum Gasteiger partial charge on any atom is -0.480 e. The van der Waals surface area contributed by atoms with E-state index in [1.54, 1.807) is 13.8 Å². The van der Waals surface area contributed by atoms with Crippen molar-refractivity contribution in [1.29, 1.82) is 0 Å². The zero-order valence-electron chi connectivity index (χ0n) is 12.6. The van der Waals surface area contributed by atoms with Crippen LogP contribution >= 0.6 is 0 Å². The van der Waals surface area contributed by atoms with E-state index in [-0.39, 0.29) is 6.04 Å². The van der Waals surface area contributed by atoms with Crippen molar-refractivity contribution in [2.24, 2.45) is 0 Å². The van der Waals surface area contributed by atoms with Gasteiger partial charge in [0.1, 0.15) is 5.54 Å². The summed E-state index contributed by atoms with van der Waals surface area (Å²) >= 11 is 0. The second-order valence-electron chi connectivity index (χ2n) is 5.64. The van der Waals surface area contributed by atoms with Gasteiger partial charge >= 0.3 is 5.97 Å². The van der Waals surface area contributed by atoms with Crippen LogP contribution in [0.5, 0.6) is 0 Å². The highest BCUT2D eigenvalue weighted by molar-refractivity contribution is 5.77. The molecule has 19 heavy (non-hydrogen) atoms. The minimum absolute atomic E-state index is 0.0438. The molecular weight excluding hydrogens is 240 g/mol. The van der Waals surface area contributed by atoms with Crippen molar-refractivity contribution in [3.05, 3.63) is 29.8 Å². The van der Waals surface area contributed by atoms with Gasteiger partial charge < -0.3 is 10.0 Å². The fourth-order valence-corrected chi connectivity index (χ4v) is 1.91. The average molecular weight is 264 g/mol. The first-order valence-electron chi connectivity index (χ1n) is 6.41. The van der Waals surface area contributed by atoms with Gasteiger partial charge in [0.15, 0.2) is 0 Å². The summed E-state index contributed by atoms with van der Waals surface area (Å²) in [5.41, 5.74) is 1.36. The first-order valence-corrected chi connectivity index (χ1v) is 6.41. The number of carbonyl (C=O) groups is 1. The van der Waals surface area contributed by atoms with E-state index in [1.807, 2.05) is 50.0 Å². The Hall–Kier alpha value is -1.55. The second kappa shape index (κ2) is 5.61. The second-order valence-corrected chi connectivity index (χ2v) is 5.64. The van der Waals surface area contributed by atoms with E-state index in [4.69, 9.17) is 0 Å². The van der Waals surface area contributed by atoms with Crippen molar-refractivity contribution >= 4 is 11.7 Å². The van der Waals surface area contributed by atoms with Gasteiger partial charge in [-0.05, 0) is 45.5 Å². The first kappa shape index (κ1) is 15.5. The van der Waals surface area contributed by atoms with Crippen LogP contribution in [0.3, 0.4) is 0 Å². The third-order valence-electron chi connectivity index (χ3n) is 3.88. The molecule has 106 valence electrons. The summed E-state index contributed by atoms with van der Waals surface area (Å²) in [6.07, 6.45) is 0. The fourth-order valence-electron chi connectivity index (χ4n) is 1.91. The molecule has 0 aliphatic heterocycles. The molecule has 0 aliphatic carbocycles. The zero-order valence-corrected chi connectivity index (χ0v) is 12.6. The molecule has 0 spiro atoms. The monoisotopic (exact) mass is 264 g/mol. The van der Waals surface area contributed by atoms with Gasteiger partial charge in [-0.3, -0.25) is 9.69 Å². The van der Waals surface area contributed by atoms with Crippen LogP contribution in [0.2, 0.25) is 0 Å². The van der Waals surface area contributed by atoms with Crippen molar-refractivity contribution in [2.75, 3.05) is 26.0 Å². The van der Waals surface area contributed by atoms with Crippen molar-refractivity contribution < 1.29 is 9.90 Å². The molecular formula is C15H24N2O2. The van der Waals surface area contributed by atoms with Crippen molar-refractivity contribution in [3.8, 4) is 0 Å². The molecule has 0 aromatic heterocycles. The molecule has 0 radical (unpaired) electrons. The molecule has 0 amide bonds. The van der Waals surface area contributed by atoms with Gasteiger partial charge in [-0.2, -0.15) is 0 Å². The molecule has 4 heteroatoms. The number of anilines is 1. The molecule has 0 bridgehead atoms. The van der Waals surface area contributed by atoms with E-state index in [0.29, 0.717) is 0 Å². The third-order valence-corrected chi connectivity index (χ3v) is 3.88. The Morgan fingerprint density at radius 1 is 1.16 bits per heavy atom. The van der Waals surface area contributed by atoms with Crippen molar-refractivity contribution in [3.63, 3.8) is 0 Å². The van der Waals surface area contributed by atoms with Crippen LogP contribution in [0.1, 0.15) is 32.4 Å². The maximum absolute atomic E-state index is 11.3. The number of aliphatic carboxylic acids is 1. The van der Waals surface area contributed by atoms with Crippen LogP contribution in [0, 0.1) is 0 Å². The topological polar surface area (TPSA) is 43.8 Å². The normalized spacial score (nSPS) is 13.4. The van der Waals surface area contributed by atoms with Crippen molar-refractivity contribution in [1.82, 2.24) is 4.90 Å². The van der Waals surface area contributed by atoms with E-state index >= 15 is 0 Å². The van der Waals surface area contributed by atoms with Gasteiger partial charge in [-0.25, -0.2) is 0 Å². The van der Waals surface area contributed by atoms with Gasteiger partial charge in [0.2, 0.25) is 0 Å². The number of carboxylic acids is 1. The van der Waals surface area contributed by atoms with E-state index in [9.17, 15) is 9.90 Å². The summed E-state index contributed by atoms with van der Waals surface area (Å²) in [6.45, 7) is 5.47. The third kappa shape index (κ3) is 3.26. The molecule has 1 N–H and O–H groups in total. The molecule has 1 rings (SSSR count). The molecule has 0 saturated carbocycles. The molecule has 0 aliphatic rings. The Labute approximate surface area is 115 Å². The quantitative estimate of drug-likeness (QED) is 0.888. The number of benzene rings is 1. The van der Waals surface area contributed by atoms with E-state index in [2.05, 4.69) is 12.1 Å². The highest BCUT2D eigenvalue weighted by atomic mass is 16.4. The van der Waals surface area contributed by atoms with Crippen LogP contribution in [0.4, 0.5) is 5.69 Å². The van der Waals surface area contributed by atoms with Crippen molar-refractivity contribution in [2.45, 2.75) is 32.4 Å². The lowest BCUT2D eigenvalue weighted by molar-refractivity contribution is -0.149. The molecule has 0 heterocycles. The largest absolute Gasteiger partial charge is 0.480 e. The molecule has 0 saturated heterocycles. The Morgan fingerprint density at radius 2 is 1.63 bits per heavy atom. The first-order chi connectivity index (χ1) is 8.67. The summed E-state index contributed by atoms with van der Waals surface area (Å²) < 4.78 is 0. The fraction of sp³-hybridized carbons (Fsp3) is 0.533. The summed E-state index contributed by atoms with van der Waals surface area (Å²) in [7, 11) is 5.84. The Bertz CT molecular complexity index is 438. The number of likely N-dealkylation sites (N-methyl/N-ethyl adjacent to an activating group) is 1. The average Bonchev–Trinajstić information content (AvgIpc) is 2.36. The summed E-state index contributed by atoms with van der Waals surface area (Å²) in [5.74, 6) is -0.813. The highest BCUT2D eigenvalue weighted by Gasteiger charge is 2.35. The lowest BCUT2D eigenvalue weighted by Gasteiger charge is -2.36.